The maximum absolute atomic E-state index is 3.65. The van der Waals surface area contributed by atoms with Crippen molar-refractivity contribution < 1.29 is 0 Å². The summed E-state index contributed by atoms with van der Waals surface area (Å²) in [4.78, 5) is 0. The smallest absolute Gasteiger partial charge is 0.0192 e. The topological polar surface area (TPSA) is 36.1 Å². The molecule has 3 nitrogen and oxygen atoms in total. The first-order valence-electron chi connectivity index (χ1n) is 7.49. The van der Waals surface area contributed by atoms with Crippen LogP contribution >= 0.6 is 0 Å². The van der Waals surface area contributed by atoms with Crippen LogP contribution in [0.4, 0.5) is 0 Å². The van der Waals surface area contributed by atoms with Crippen LogP contribution in [-0.4, -0.2) is 38.8 Å². The Bertz CT molecular complexity index is 139. The quantitative estimate of drug-likeness (QED) is 0.434. The Kier molecular flexibility index (Phi) is 13.8. The van der Waals surface area contributed by atoms with Gasteiger partial charge in [0, 0.05) is 12.6 Å². The Morgan fingerprint density at radius 3 is 2.24 bits per heavy atom. The molecule has 0 aliphatic rings. The Morgan fingerprint density at radius 2 is 1.59 bits per heavy atom. The molecule has 0 aliphatic carbocycles. The molecular weight excluding hydrogens is 210 g/mol. The molecule has 3 N–H and O–H groups in total. The molecule has 0 aliphatic heterocycles. The van der Waals surface area contributed by atoms with E-state index in [0.717, 1.165) is 26.2 Å². The summed E-state index contributed by atoms with van der Waals surface area (Å²) < 4.78 is 0. The number of nitrogens with one attached hydrogen (secondary N) is 3. The predicted molar refractivity (Wildman–Crippen MR) is 77.6 cm³/mol. The van der Waals surface area contributed by atoms with Gasteiger partial charge in [-0.3, -0.25) is 0 Å². The molecule has 0 bridgehead atoms. The van der Waals surface area contributed by atoms with Gasteiger partial charge in [0.1, 0.15) is 0 Å². The van der Waals surface area contributed by atoms with Gasteiger partial charge in [-0.15, -0.1) is 0 Å². The van der Waals surface area contributed by atoms with Gasteiger partial charge >= 0.3 is 0 Å². The van der Waals surface area contributed by atoms with Crippen LogP contribution < -0.4 is 16.0 Å². The molecule has 0 aromatic carbocycles. The molecular formula is C14H33N3. The van der Waals surface area contributed by atoms with E-state index in [0.29, 0.717) is 6.04 Å². The van der Waals surface area contributed by atoms with E-state index in [1.807, 2.05) is 0 Å². The van der Waals surface area contributed by atoms with Crippen molar-refractivity contribution >= 4 is 0 Å². The molecule has 0 saturated carbocycles. The molecule has 104 valence electrons. The lowest BCUT2D eigenvalue weighted by molar-refractivity contribution is 0.437. The van der Waals surface area contributed by atoms with Crippen LogP contribution in [0, 0.1) is 0 Å². The van der Waals surface area contributed by atoms with Crippen molar-refractivity contribution in [2.45, 2.75) is 58.9 Å². The van der Waals surface area contributed by atoms with Gasteiger partial charge in [-0.05, 0) is 45.4 Å². The average molecular weight is 243 g/mol. The van der Waals surface area contributed by atoms with Crippen LogP contribution in [0.25, 0.3) is 0 Å². The van der Waals surface area contributed by atoms with Crippen molar-refractivity contribution in [3.8, 4) is 0 Å². The number of hydrogen-bond acceptors (Lipinski definition) is 3. The van der Waals surface area contributed by atoms with Gasteiger partial charge in [0.25, 0.3) is 0 Å². The zero-order valence-corrected chi connectivity index (χ0v) is 12.1. The molecule has 1 unspecified atom stereocenters. The van der Waals surface area contributed by atoms with Gasteiger partial charge in [-0.2, -0.15) is 0 Å². The Balaban J connectivity index is 3.41. The maximum atomic E-state index is 3.65. The summed E-state index contributed by atoms with van der Waals surface area (Å²) in [5.41, 5.74) is 0. The summed E-state index contributed by atoms with van der Waals surface area (Å²) in [5.74, 6) is 0. The minimum atomic E-state index is 0.658. The standard InChI is InChI=1S/C14H33N3/c1-4-7-12-17-14(9-5-2)13-16-11-8-10-15-6-3/h14-17H,4-13H2,1-3H3. The maximum Gasteiger partial charge on any atom is 0.0192 e. The normalized spacial score (nSPS) is 12.9. The van der Waals surface area contributed by atoms with Crippen LogP contribution in [0.5, 0.6) is 0 Å². The Morgan fingerprint density at radius 1 is 0.824 bits per heavy atom. The Hall–Kier alpha value is -0.120. The molecule has 0 radical (unpaired) electrons. The molecule has 0 heterocycles. The summed E-state index contributed by atoms with van der Waals surface area (Å²) >= 11 is 0. The van der Waals surface area contributed by atoms with E-state index < -0.39 is 0 Å². The summed E-state index contributed by atoms with van der Waals surface area (Å²) in [5, 5.41) is 10.5. The highest BCUT2D eigenvalue weighted by atomic mass is 15.0. The monoisotopic (exact) mass is 243 g/mol. The zero-order valence-electron chi connectivity index (χ0n) is 12.1. The van der Waals surface area contributed by atoms with Crippen molar-refractivity contribution in [2.24, 2.45) is 0 Å². The predicted octanol–water partition coefficient (Wildman–Crippen LogP) is 2.13. The lowest BCUT2D eigenvalue weighted by Crippen LogP contribution is -2.39. The van der Waals surface area contributed by atoms with Crippen molar-refractivity contribution in [2.75, 3.05) is 32.7 Å². The van der Waals surface area contributed by atoms with Crippen molar-refractivity contribution in [1.29, 1.82) is 0 Å². The van der Waals surface area contributed by atoms with E-state index in [9.17, 15) is 0 Å². The van der Waals surface area contributed by atoms with E-state index >= 15 is 0 Å². The molecule has 0 amide bonds. The van der Waals surface area contributed by atoms with Crippen LogP contribution in [0.3, 0.4) is 0 Å². The third-order valence-corrected chi connectivity index (χ3v) is 2.95. The van der Waals surface area contributed by atoms with Gasteiger partial charge < -0.3 is 16.0 Å². The van der Waals surface area contributed by atoms with Crippen molar-refractivity contribution in [1.82, 2.24) is 16.0 Å². The number of unbranched alkanes of at least 4 members (excludes halogenated alkanes) is 1. The third-order valence-electron chi connectivity index (χ3n) is 2.95. The summed E-state index contributed by atoms with van der Waals surface area (Å²) in [6.07, 6.45) is 6.34. The van der Waals surface area contributed by atoms with Crippen LogP contribution in [0.2, 0.25) is 0 Å². The first-order chi connectivity index (χ1) is 8.35. The highest BCUT2D eigenvalue weighted by Gasteiger charge is 2.05. The van der Waals surface area contributed by atoms with E-state index in [1.54, 1.807) is 0 Å². The fourth-order valence-electron chi connectivity index (χ4n) is 1.90. The SMILES string of the molecule is CCCCNC(CCC)CNCCCNCC. The molecule has 0 saturated heterocycles. The van der Waals surface area contributed by atoms with E-state index in [1.165, 1.54) is 38.6 Å². The van der Waals surface area contributed by atoms with Crippen molar-refractivity contribution in [3.05, 3.63) is 0 Å². The molecule has 0 rings (SSSR count). The highest BCUT2D eigenvalue weighted by molar-refractivity contribution is 4.69. The van der Waals surface area contributed by atoms with E-state index in [-0.39, 0.29) is 0 Å². The molecule has 3 heteroatoms. The largest absolute Gasteiger partial charge is 0.317 e. The lowest BCUT2D eigenvalue weighted by Gasteiger charge is -2.18. The van der Waals surface area contributed by atoms with Crippen LogP contribution in [0.15, 0.2) is 0 Å². The minimum absolute atomic E-state index is 0.658. The molecule has 1 atom stereocenters. The molecule has 0 aromatic heterocycles. The second kappa shape index (κ2) is 13.9. The number of hydrogen-bond donors (Lipinski definition) is 3. The minimum Gasteiger partial charge on any atom is -0.317 e. The highest BCUT2D eigenvalue weighted by Crippen LogP contribution is 1.96. The first-order valence-corrected chi connectivity index (χ1v) is 7.49. The fraction of sp³-hybridized carbons (Fsp3) is 1.00. The number of rotatable bonds is 13. The second-order valence-corrected chi connectivity index (χ2v) is 4.70. The van der Waals surface area contributed by atoms with Crippen LogP contribution in [-0.2, 0) is 0 Å². The van der Waals surface area contributed by atoms with Gasteiger partial charge in [0.15, 0.2) is 0 Å². The molecule has 0 spiro atoms. The average Bonchev–Trinajstić information content (AvgIpc) is 2.34. The van der Waals surface area contributed by atoms with Crippen LogP contribution in [0.1, 0.15) is 52.9 Å². The van der Waals surface area contributed by atoms with Gasteiger partial charge in [0.05, 0.1) is 0 Å². The van der Waals surface area contributed by atoms with E-state index in [2.05, 4.69) is 36.7 Å². The second-order valence-electron chi connectivity index (χ2n) is 4.70. The summed E-state index contributed by atoms with van der Waals surface area (Å²) in [6.45, 7) is 12.3. The fourth-order valence-corrected chi connectivity index (χ4v) is 1.90. The summed E-state index contributed by atoms with van der Waals surface area (Å²) in [6, 6.07) is 0.658. The zero-order chi connectivity index (χ0) is 12.8. The molecule has 17 heavy (non-hydrogen) atoms. The first kappa shape index (κ1) is 16.9. The van der Waals surface area contributed by atoms with E-state index in [4.69, 9.17) is 0 Å². The van der Waals surface area contributed by atoms with Gasteiger partial charge in [-0.25, -0.2) is 0 Å². The molecule has 0 fully saturated rings. The molecule has 0 aromatic rings. The van der Waals surface area contributed by atoms with Gasteiger partial charge in [-0.1, -0.05) is 33.6 Å². The van der Waals surface area contributed by atoms with Crippen molar-refractivity contribution in [3.63, 3.8) is 0 Å². The van der Waals surface area contributed by atoms with Gasteiger partial charge in [0.2, 0.25) is 0 Å². The third kappa shape index (κ3) is 12.1. The Labute approximate surface area is 108 Å². The lowest BCUT2D eigenvalue weighted by atomic mass is 10.1. The summed E-state index contributed by atoms with van der Waals surface area (Å²) in [7, 11) is 0.